The number of halogens is 3. The van der Waals surface area contributed by atoms with Gasteiger partial charge in [0.2, 0.25) is 15.9 Å². The molecule has 0 spiro atoms. The molecule has 0 aromatic heterocycles. The van der Waals surface area contributed by atoms with Crippen LogP contribution in [0.3, 0.4) is 0 Å². The van der Waals surface area contributed by atoms with Gasteiger partial charge in [0, 0.05) is 30.2 Å². The number of hydrogen-bond acceptors (Lipinski definition) is 3. The summed E-state index contributed by atoms with van der Waals surface area (Å²) in [4.78, 5) is 15.7. The van der Waals surface area contributed by atoms with Gasteiger partial charge in [0.15, 0.2) is 0 Å². The van der Waals surface area contributed by atoms with Gasteiger partial charge in [-0.15, -0.1) is 0 Å². The minimum atomic E-state index is -4.10. The quantitative estimate of drug-likeness (QED) is 0.506. The highest BCUT2D eigenvalue weighted by Crippen LogP contribution is 2.57. The number of amides is 1. The van der Waals surface area contributed by atoms with Crippen molar-refractivity contribution >= 4 is 27.5 Å². The van der Waals surface area contributed by atoms with E-state index in [0.29, 0.717) is 50.2 Å². The molecule has 1 saturated carbocycles. The van der Waals surface area contributed by atoms with E-state index in [2.05, 4.69) is 0 Å². The summed E-state index contributed by atoms with van der Waals surface area (Å²) in [6.45, 7) is 1.38. The smallest absolute Gasteiger partial charge is 0.243 e. The number of hydrogen-bond donors (Lipinski definition) is 0. The molecule has 9 heteroatoms. The summed E-state index contributed by atoms with van der Waals surface area (Å²) < 4.78 is 58.0. The van der Waals surface area contributed by atoms with Crippen LogP contribution in [-0.2, 0) is 14.8 Å². The lowest BCUT2D eigenvalue weighted by atomic mass is 9.83. The maximum Gasteiger partial charge on any atom is 0.243 e. The van der Waals surface area contributed by atoms with Crippen molar-refractivity contribution in [2.45, 2.75) is 68.3 Å². The molecule has 2 aromatic rings. The first-order valence-electron chi connectivity index (χ1n) is 12.3. The van der Waals surface area contributed by atoms with Crippen LogP contribution in [0.5, 0.6) is 0 Å². The molecule has 2 atom stereocenters. The number of sulfonamides is 1. The minimum absolute atomic E-state index is 0.0181. The highest BCUT2D eigenvalue weighted by Gasteiger charge is 2.62. The second kappa shape index (κ2) is 9.45. The molecule has 1 amide bonds. The fraction of sp³-hybridized carbons (Fsp3) is 0.500. The van der Waals surface area contributed by atoms with Gasteiger partial charge < -0.3 is 4.90 Å². The van der Waals surface area contributed by atoms with Crippen LogP contribution in [0, 0.1) is 17.0 Å². The van der Waals surface area contributed by atoms with Crippen molar-refractivity contribution in [3.05, 3.63) is 64.7 Å². The van der Waals surface area contributed by atoms with E-state index in [0.717, 1.165) is 25.3 Å². The van der Waals surface area contributed by atoms with E-state index in [1.54, 1.807) is 0 Å². The number of likely N-dealkylation sites (tertiary alicyclic amines) is 1. The first kappa shape index (κ1) is 24.7. The molecule has 188 valence electrons. The van der Waals surface area contributed by atoms with E-state index < -0.39 is 39.2 Å². The lowest BCUT2D eigenvalue weighted by Crippen LogP contribution is -2.55. The fourth-order valence-electron chi connectivity index (χ4n) is 5.88. The molecule has 2 heterocycles. The normalized spacial score (nSPS) is 24.8. The summed E-state index contributed by atoms with van der Waals surface area (Å²) in [6.07, 6.45) is 5.82. The van der Waals surface area contributed by atoms with Gasteiger partial charge in [-0.3, -0.25) is 4.79 Å². The second-order valence-electron chi connectivity index (χ2n) is 9.96. The monoisotopic (exact) mass is 522 g/mol. The average molecular weight is 523 g/mol. The topological polar surface area (TPSA) is 57.7 Å². The van der Waals surface area contributed by atoms with E-state index in [9.17, 15) is 22.0 Å². The highest BCUT2D eigenvalue weighted by molar-refractivity contribution is 7.89. The van der Waals surface area contributed by atoms with E-state index in [1.165, 1.54) is 40.7 Å². The second-order valence-corrected chi connectivity index (χ2v) is 12.2. The SMILES string of the molecule is O=C(N1CCCCC1)C1(C2CCCC(c3cc(F)cc(F)c3)N2S(=O)(=O)c2ccc(Cl)cc2)CC1. The van der Waals surface area contributed by atoms with Gasteiger partial charge >= 0.3 is 0 Å². The van der Waals surface area contributed by atoms with Crippen LogP contribution in [0.15, 0.2) is 47.4 Å². The molecular formula is C26H29ClF2N2O3S. The summed E-state index contributed by atoms with van der Waals surface area (Å²) in [5.41, 5.74) is -0.521. The Balaban J connectivity index is 1.60. The van der Waals surface area contributed by atoms with Crippen molar-refractivity contribution in [1.29, 1.82) is 0 Å². The minimum Gasteiger partial charge on any atom is -0.342 e. The van der Waals surface area contributed by atoms with Crippen LogP contribution < -0.4 is 0 Å². The maximum atomic E-state index is 14.2. The van der Waals surface area contributed by atoms with Crippen molar-refractivity contribution in [2.24, 2.45) is 5.41 Å². The Labute approximate surface area is 210 Å². The highest BCUT2D eigenvalue weighted by atomic mass is 35.5. The van der Waals surface area contributed by atoms with Crippen LogP contribution in [0.2, 0.25) is 5.02 Å². The first-order chi connectivity index (χ1) is 16.7. The van der Waals surface area contributed by atoms with Gasteiger partial charge in [-0.05, 0) is 93.3 Å². The van der Waals surface area contributed by atoms with Crippen LogP contribution in [0.1, 0.15) is 63.0 Å². The number of piperidine rings is 2. The summed E-state index contributed by atoms with van der Waals surface area (Å²) in [5, 5.41) is 0.404. The number of rotatable bonds is 5. The number of carbonyl (C=O) groups excluding carboxylic acids is 1. The zero-order valence-corrected chi connectivity index (χ0v) is 21.0. The largest absolute Gasteiger partial charge is 0.342 e. The molecule has 2 unspecified atom stereocenters. The Bertz CT molecular complexity index is 1190. The molecule has 2 aromatic carbocycles. The Kier molecular flexibility index (Phi) is 6.66. The van der Waals surface area contributed by atoms with E-state index >= 15 is 0 Å². The van der Waals surface area contributed by atoms with Crippen LogP contribution >= 0.6 is 11.6 Å². The third kappa shape index (κ3) is 4.60. The molecule has 35 heavy (non-hydrogen) atoms. The lowest BCUT2D eigenvalue weighted by molar-refractivity contribution is -0.141. The molecule has 3 aliphatic rings. The van der Waals surface area contributed by atoms with Crippen molar-refractivity contribution in [3.63, 3.8) is 0 Å². The van der Waals surface area contributed by atoms with Crippen molar-refractivity contribution in [3.8, 4) is 0 Å². The average Bonchev–Trinajstić information content (AvgIpc) is 3.65. The van der Waals surface area contributed by atoms with Gasteiger partial charge in [0.25, 0.3) is 0 Å². The lowest BCUT2D eigenvalue weighted by Gasteiger charge is -2.45. The zero-order valence-electron chi connectivity index (χ0n) is 19.4. The summed E-state index contributed by atoms with van der Waals surface area (Å²) >= 11 is 6.00. The van der Waals surface area contributed by atoms with E-state index in [1.807, 2.05) is 4.90 Å². The first-order valence-corrected chi connectivity index (χ1v) is 14.1. The predicted molar refractivity (Wildman–Crippen MR) is 129 cm³/mol. The molecule has 0 bridgehead atoms. The molecular weight excluding hydrogens is 494 g/mol. The van der Waals surface area contributed by atoms with E-state index in [4.69, 9.17) is 11.6 Å². The molecule has 2 saturated heterocycles. The summed E-state index contributed by atoms with van der Waals surface area (Å²) in [7, 11) is -4.10. The molecule has 3 fully saturated rings. The Morgan fingerprint density at radius 2 is 1.54 bits per heavy atom. The van der Waals surface area contributed by atoms with Crippen LogP contribution in [-0.4, -0.2) is 42.7 Å². The van der Waals surface area contributed by atoms with Crippen molar-refractivity contribution in [2.75, 3.05) is 13.1 Å². The van der Waals surface area contributed by atoms with Crippen LogP contribution in [0.4, 0.5) is 8.78 Å². The maximum absolute atomic E-state index is 14.2. The van der Waals surface area contributed by atoms with Gasteiger partial charge in [-0.1, -0.05) is 11.6 Å². The third-order valence-electron chi connectivity index (χ3n) is 7.72. The summed E-state index contributed by atoms with van der Waals surface area (Å²) in [6, 6.07) is 7.74. The van der Waals surface area contributed by atoms with Crippen LogP contribution in [0.25, 0.3) is 0 Å². The van der Waals surface area contributed by atoms with Gasteiger partial charge in [-0.2, -0.15) is 4.31 Å². The third-order valence-corrected chi connectivity index (χ3v) is 9.91. The Morgan fingerprint density at radius 1 is 0.914 bits per heavy atom. The predicted octanol–water partition coefficient (Wildman–Crippen LogP) is 5.70. The Hall–Kier alpha value is -2.03. The Morgan fingerprint density at radius 3 is 2.14 bits per heavy atom. The fourth-order valence-corrected chi connectivity index (χ4v) is 7.93. The van der Waals surface area contributed by atoms with Crippen molar-refractivity contribution < 1.29 is 22.0 Å². The molecule has 0 radical (unpaired) electrons. The molecule has 0 N–H and O–H groups in total. The molecule has 2 aliphatic heterocycles. The van der Waals surface area contributed by atoms with Gasteiger partial charge in [-0.25, -0.2) is 17.2 Å². The zero-order chi connectivity index (χ0) is 24.8. The molecule has 1 aliphatic carbocycles. The number of benzene rings is 2. The van der Waals surface area contributed by atoms with Crippen molar-refractivity contribution in [1.82, 2.24) is 9.21 Å². The van der Waals surface area contributed by atoms with Gasteiger partial charge in [0.05, 0.1) is 16.4 Å². The summed E-state index contributed by atoms with van der Waals surface area (Å²) in [5.74, 6) is -1.49. The molecule has 5 rings (SSSR count). The van der Waals surface area contributed by atoms with E-state index in [-0.39, 0.29) is 16.4 Å². The number of nitrogens with zero attached hydrogens (tertiary/aromatic N) is 2. The molecule has 5 nitrogen and oxygen atoms in total. The standard InChI is InChI=1S/C26H29ClF2N2O3S/c27-19-7-9-22(10-8-19)35(33,34)31-23(18-15-20(28)17-21(29)16-18)5-4-6-24(31)26(11-12-26)25(32)30-13-2-1-3-14-30/h7-10,15-17,23-24H,1-6,11-14H2. The number of carbonyl (C=O) groups is 1. The van der Waals surface area contributed by atoms with Gasteiger partial charge in [0.1, 0.15) is 11.6 Å².